The van der Waals surface area contributed by atoms with Gasteiger partial charge in [0, 0.05) is 35.8 Å². The number of nitro benzene ring substituents is 1. The number of rotatable bonds is 9. The van der Waals surface area contributed by atoms with Gasteiger partial charge < -0.3 is 4.52 Å². The van der Waals surface area contributed by atoms with Crippen LogP contribution in [0.25, 0.3) is 5.76 Å². The molecule has 0 saturated heterocycles. The summed E-state index contributed by atoms with van der Waals surface area (Å²) in [6.07, 6.45) is 0.993. The first-order valence-corrected chi connectivity index (χ1v) is 11.4. The summed E-state index contributed by atoms with van der Waals surface area (Å²) < 4.78 is 39.5. The second kappa shape index (κ2) is 8.68. The van der Waals surface area contributed by atoms with Gasteiger partial charge in [-0.25, -0.2) is 8.42 Å². The molecule has 1 aromatic carbocycles. The Morgan fingerprint density at radius 2 is 1.75 bits per heavy atom. The number of hydrogen-bond donors (Lipinski definition) is 0. The lowest BCUT2D eigenvalue weighted by Gasteiger charge is -2.22. The molecule has 0 aliphatic rings. The lowest BCUT2D eigenvalue weighted by molar-refractivity contribution is -0.384. The average molecular weight is 395 g/mol. The second-order valence-corrected chi connectivity index (χ2v) is 9.32. The molecule has 0 aliphatic heterocycles. The molecule has 0 atom stereocenters. The summed E-state index contributed by atoms with van der Waals surface area (Å²) in [6.45, 7) is 0.668. The molecule has 8 nitrogen and oxygen atoms in total. The van der Waals surface area contributed by atoms with Crippen molar-refractivity contribution in [2.45, 2.75) is 13.8 Å². The topological polar surface area (TPSA) is 105 Å². The fourth-order valence-electron chi connectivity index (χ4n) is 1.61. The van der Waals surface area contributed by atoms with Gasteiger partial charge in [-0.2, -0.15) is 0 Å². The van der Waals surface area contributed by atoms with Crippen LogP contribution in [0.15, 0.2) is 29.7 Å². The van der Waals surface area contributed by atoms with E-state index >= 15 is 0 Å². The van der Waals surface area contributed by atoms with E-state index < -0.39 is 21.5 Å². The van der Waals surface area contributed by atoms with Crippen molar-refractivity contribution < 1.29 is 26.9 Å². The van der Waals surface area contributed by atoms with E-state index in [2.05, 4.69) is 0 Å². The van der Waals surface area contributed by atoms with Crippen molar-refractivity contribution in [2.75, 3.05) is 19.5 Å². The van der Waals surface area contributed by atoms with Crippen molar-refractivity contribution in [1.82, 2.24) is 0 Å². The van der Waals surface area contributed by atoms with Gasteiger partial charge in [0.25, 0.3) is 5.69 Å². The first-order valence-electron chi connectivity index (χ1n) is 6.85. The van der Waals surface area contributed by atoms with Crippen LogP contribution in [-0.4, -0.2) is 32.8 Å². The lowest BCUT2D eigenvalue weighted by atomic mass is 10.2. The SMILES string of the molecule is CCOP(=S)(OCC)O/C(=C/S(C)(=O)=O)c1ccc([N+](=O)[O-])cc1. The average Bonchev–Trinajstić information content (AvgIpc) is 2.45. The Morgan fingerprint density at radius 3 is 2.12 bits per heavy atom. The molecule has 1 aromatic rings. The van der Waals surface area contributed by atoms with Gasteiger partial charge in [0.2, 0.25) is 0 Å². The van der Waals surface area contributed by atoms with Crippen LogP contribution in [0.4, 0.5) is 5.69 Å². The molecule has 0 aromatic heterocycles. The van der Waals surface area contributed by atoms with Gasteiger partial charge in [0.05, 0.1) is 23.5 Å². The maximum absolute atomic E-state index is 11.6. The zero-order chi connectivity index (χ0) is 18.4. The number of nitro groups is 1. The van der Waals surface area contributed by atoms with E-state index in [-0.39, 0.29) is 24.7 Å². The first kappa shape index (κ1) is 20.7. The zero-order valence-electron chi connectivity index (χ0n) is 13.4. The Kier molecular flexibility index (Phi) is 7.50. The predicted molar refractivity (Wildman–Crippen MR) is 94.5 cm³/mol. The third kappa shape index (κ3) is 6.66. The molecule has 0 unspecified atom stereocenters. The Morgan fingerprint density at radius 1 is 1.25 bits per heavy atom. The van der Waals surface area contributed by atoms with Gasteiger partial charge in [-0.15, -0.1) is 0 Å². The lowest BCUT2D eigenvalue weighted by Crippen LogP contribution is -2.02. The zero-order valence-corrected chi connectivity index (χ0v) is 15.9. The van der Waals surface area contributed by atoms with Crippen molar-refractivity contribution in [2.24, 2.45) is 0 Å². The number of nitrogens with zero attached hydrogens (tertiary/aromatic N) is 1. The van der Waals surface area contributed by atoms with Gasteiger partial charge in [-0.1, -0.05) is 0 Å². The fraction of sp³-hybridized carbons (Fsp3) is 0.385. The molecule has 0 spiro atoms. The molecular weight excluding hydrogens is 377 g/mol. The highest BCUT2D eigenvalue weighted by atomic mass is 32.5. The highest BCUT2D eigenvalue weighted by Crippen LogP contribution is 2.53. The van der Waals surface area contributed by atoms with Crippen molar-refractivity contribution in [3.05, 3.63) is 45.4 Å². The summed E-state index contributed by atoms with van der Waals surface area (Å²) in [4.78, 5) is 10.2. The third-order valence-corrected chi connectivity index (χ3v) is 5.54. The van der Waals surface area contributed by atoms with Crippen LogP contribution < -0.4 is 0 Å². The van der Waals surface area contributed by atoms with Crippen LogP contribution in [0.5, 0.6) is 0 Å². The minimum Gasteiger partial charge on any atom is -0.423 e. The molecule has 0 N–H and O–H groups in total. The van der Waals surface area contributed by atoms with Crippen molar-refractivity contribution in [3.63, 3.8) is 0 Å². The Bertz CT molecular complexity index is 749. The highest BCUT2D eigenvalue weighted by molar-refractivity contribution is 8.07. The maximum atomic E-state index is 11.6. The molecule has 134 valence electrons. The van der Waals surface area contributed by atoms with Crippen molar-refractivity contribution in [1.29, 1.82) is 0 Å². The van der Waals surface area contributed by atoms with Gasteiger partial charge in [-0.05, 0) is 26.0 Å². The Labute approximate surface area is 145 Å². The summed E-state index contributed by atoms with van der Waals surface area (Å²) in [6, 6.07) is 5.21. The Hall–Kier alpha value is -1.32. The molecular formula is C13H18NO7PS2. The van der Waals surface area contributed by atoms with E-state index in [9.17, 15) is 18.5 Å². The number of non-ortho nitro benzene ring substituents is 1. The number of benzene rings is 1. The number of hydrogen-bond acceptors (Lipinski definition) is 8. The van der Waals surface area contributed by atoms with E-state index in [4.69, 9.17) is 25.4 Å². The fourth-order valence-corrected chi connectivity index (χ4v) is 4.34. The largest absolute Gasteiger partial charge is 0.423 e. The van der Waals surface area contributed by atoms with E-state index in [0.717, 1.165) is 11.7 Å². The monoisotopic (exact) mass is 395 g/mol. The summed E-state index contributed by atoms with van der Waals surface area (Å²) in [5.41, 5.74) is 0.172. The van der Waals surface area contributed by atoms with Crippen LogP contribution in [0.2, 0.25) is 0 Å². The van der Waals surface area contributed by atoms with Crippen molar-refractivity contribution >= 4 is 39.8 Å². The van der Waals surface area contributed by atoms with Crippen LogP contribution in [-0.2, 0) is 35.2 Å². The summed E-state index contributed by atoms with van der Waals surface area (Å²) in [7, 11) is -3.56. The van der Waals surface area contributed by atoms with E-state index in [1.807, 2.05) is 0 Å². The van der Waals surface area contributed by atoms with Crippen LogP contribution >= 0.6 is 6.72 Å². The molecule has 0 radical (unpaired) electrons. The van der Waals surface area contributed by atoms with Crippen LogP contribution in [0.3, 0.4) is 0 Å². The summed E-state index contributed by atoms with van der Waals surface area (Å²) >= 11 is 5.23. The molecule has 0 fully saturated rings. The van der Waals surface area contributed by atoms with Gasteiger partial charge >= 0.3 is 6.72 Å². The molecule has 1 rings (SSSR count). The van der Waals surface area contributed by atoms with Crippen LogP contribution in [0, 0.1) is 10.1 Å². The molecule has 0 saturated carbocycles. The van der Waals surface area contributed by atoms with Gasteiger partial charge in [0.15, 0.2) is 9.84 Å². The molecule has 24 heavy (non-hydrogen) atoms. The highest BCUT2D eigenvalue weighted by Gasteiger charge is 2.24. The molecule has 0 bridgehead atoms. The first-order chi connectivity index (χ1) is 11.1. The van der Waals surface area contributed by atoms with Gasteiger partial charge in [0.1, 0.15) is 5.76 Å². The normalized spacial score (nSPS) is 12.9. The van der Waals surface area contributed by atoms with E-state index in [0.29, 0.717) is 5.56 Å². The molecule has 0 aliphatic carbocycles. The summed E-state index contributed by atoms with van der Waals surface area (Å²) in [5.74, 6) is -0.0855. The predicted octanol–water partition coefficient (Wildman–Crippen LogP) is 3.25. The molecule has 0 heterocycles. The maximum Gasteiger partial charge on any atom is 0.380 e. The van der Waals surface area contributed by atoms with E-state index in [1.165, 1.54) is 24.3 Å². The smallest absolute Gasteiger partial charge is 0.380 e. The van der Waals surface area contributed by atoms with Crippen LogP contribution in [0.1, 0.15) is 19.4 Å². The van der Waals surface area contributed by atoms with Gasteiger partial charge in [-0.3, -0.25) is 19.2 Å². The quantitative estimate of drug-likeness (QED) is 0.272. The number of sulfone groups is 1. The second-order valence-electron chi connectivity index (χ2n) is 4.49. The molecule has 0 amide bonds. The molecule has 11 heteroatoms. The van der Waals surface area contributed by atoms with Crippen molar-refractivity contribution in [3.8, 4) is 0 Å². The Balaban J connectivity index is 3.29. The minimum absolute atomic E-state index is 0.0855. The minimum atomic E-state index is -3.56. The standard InChI is InChI=1S/C13H18NO7PS2/c1-4-19-22(23,20-5-2)21-13(10-24(3,17)18)11-6-8-12(9-7-11)14(15)16/h6-10H,4-5H2,1-3H3/b13-10+. The summed E-state index contributed by atoms with van der Waals surface area (Å²) in [5, 5.41) is 11.6. The van der Waals surface area contributed by atoms with E-state index in [1.54, 1.807) is 13.8 Å². The third-order valence-electron chi connectivity index (χ3n) is 2.47.